The molecule has 0 spiro atoms. The Kier molecular flexibility index (Phi) is 4.22. The minimum atomic E-state index is -1.95. The van der Waals surface area contributed by atoms with Crippen LogP contribution >= 0.6 is 0 Å². The molecule has 2 heteroatoms. The summed E-state index contributed by atoms with van der Waals surface area (Å²) in [5.41, 5.74) is 1.32. The molecule has 1 nitrogen and oxygen atoms in total. The maximum absolute atomic E-state index is 6.28. The summed E-state index contributed by atoms with van der Waals surface area (Å²) in [5.74, 6) is 0.951. The van der Waals surface area contributed by atoms with E-state index in [1.54, 1.807) is 0 Å². The highest BCUT2D eigenvalue weighted by molar-refractivity contribution is 6.85. The SMILES string of the molecule is C=CCc1ccccc1[Si](C)(C)Oc1ccccc1. The van der Waals surface area contributed by atoms with Crippen molar-refractivity contribution in [2.24, 2.45) is 0 Å². The summed E-state index contributed by atoms with van der Waals surface area (Å²) < 4.78 is 6.28. The lowest BCUT2D eigenvalue weighted by atomic mass is 10.1. The van der Waals surface area contributed by atoms with Crippen molar-refractivity contribution < 1.29 is 4.43 Å². The van der Waals surface area contributed by atoms with Crippen LogP contribution in [-0.2, 0) is 6.42 Å². The molecule has 19 heavy (non-hydrogen) atoms. The topological polar surface area (TPSA) is 9.23 Å². The molecular formula is C17H20OSi. The van der Waals surface area contributed by atoms with E-state index in [0.29, 0.717) is 0 Å². The first kappa shape index (κ1) is 13.6. The van der Waals surface area contributed by atoms with Gasteiger partial charge in [0.1, 0.15) is 5.75 Å². The number of allylic oxidation sites excluding steroid dienone is 1. The van der Waals surface area contributed by atoms with Crippen LogP contribution < -0.4 is 9.61 Å². The second-order valence-electron chi connectivity index (χ2n) is 5.08. The quantitative estimate of drug-likeness (QED) is 0.590. The van der Waals surface area contributed by atoms with Gasteiger partial charge in [0.25, 0.3) is 8.32 Å². The maximum atomic E-state index is 6.28. The molecule has 2 aromatic carbocycles. The van der Waals surface area contributed by atoms with Gasteiger partial charge >= 0.3 is 0 Å². The highest BCUT2D eigenvalue weighted by atomic mass is 28.4. The van der Waals surface area contributed by atoms with E-state index in [9.17, 15) is 0 Å². The van der Waals surface area contributed by atoms with E-state index in [0.717, 1.165) is 12.2 Å². The van der Waals surface area contributed by atoms with Crippen molar-refractivity contribution in [1.82, 2.24) is 0 Å². The van der Waals surface area contributed by atoms with E-state index in [2.05, 4.69) is 43.9 Å². The van der Waals surface area contributed by atoms with E-state index in [4.69, 9.17) is 4.43 Å². The molecule has 0 bridgehead atoms. The van der Waals surface area contributed by atoms with Gasteiger partial charge in [0, 0.05) is 0 Å². The summed E-state index contributed by atoms with van der Waals surface area (Å²) in [6, 6.07) is 18.6. The molecule has 0 radical (unpaired) electrons. The van der Waals surface area contributed by atoms with Gasteiger partial charge in [-0.15, -0.1) is 6.58 Å². The number of rotatable bonds is 5. The molecule has 0 aliphatic rings. The summed E-state index contributed by atoms with van der Waals surface area (Å²) in [7, 11) is -1.95. The predicted molar refractivity (Wildman–Crippen MR) is 84.5 cm³/mol. The molecule has 2 rings (SSSR count). The van der Waals surface area contributed by atoms with Crippen molar-refractivity contribution in [2.75, 3.05) is 0 Å². The summed E-state index contributed by atoms with van der Waals surface area (Å²) in [5, 5.41) is 1.35. The fourth-order valence-electron chi connectivity index (χ4n) is 2.28. The van der Waals surface area contributed by atoms with Crippen molar-refractivity contribution >= 4 is 13.5 Å². The van der Waals surface area contributed by atoms with Gasteiger partial charge in [-0.25, -0.2) is 0 Å². The minimum absolute atomic E-state index is 0.894. The molecule has 0 N–H and O–H groups in total. The van der Waals surface area contributed by atoms with Gasteiger partial charge in [0.05, 0.1) is 0 Å². The second kappa shape index (κ2) is 5.89. The lowest BCUT2D eigenvalue weighted by molar-refractivity contribution is 0.564. The smallest absolute Gasteiger partial charge is 0.277 e. The normalized spacial score (nSPS) is 11.1. The van der Waals surface area contributed by atoms with E-state index in [-0.39, 0.29) is 0 Å². The number of para-hydroxylation sites is 1. The zero-order chi connectivity index (χ0) is 13.7. The Morgan fingerprint density at radius 1 is 1.00 bits per heavy atom. The monoisotopic (exact) mass is 268 g/mol. The molecule has 0 saturated carbocycles. The fraction of sp³-hybridized carbons (Fsp3) is 0.176. The van der Waals surface area contributed by atoms with E-state index in [1.807, 2.05) is 36.4 Å². The first-order chi connectivity index (χ1) is 9.13. The third-order valence-electron chi connectivity index (χ3n) is 3.15. The molecule has 0 atom stereocenters. The molecular weight excluding hydrogens is 248 g/mol. The lowest BCUT2D eigenvalue weighted by Crippen LogP contribution is -2.49. The van der Waals surface area contributed by atoms with Crippen molar-refractivity contribution in [3.05, 3.63) is 72.8 Å². The lowest BCUT2D eigenvalue weighted by Gasteiger charge is -2.26. The van der Waals surface area contributed by atoms with Gasteiger partial charge in [-0.05, 0) is 42.4 Å². The van der Waals surface area contributed by atoms with Crippen molar-refractivity contribution in [2.45, 2.75) is 19.5 Å². The highest BCUT2D eigenvalue weighted by Gasteiger charge is 2.29. The van der Waals surface area contributed by atoms with Crippen molar-refractivity contribution in [3.63, 3.8) is 0 Å². The van der Waals surface area contributed by atoms with Crippen LogP contribution in [0.15, 0.2) is 67.3 Å². The van der Waals surface area contributed by atoms with Crippen molar-refractivity contribution in [1.29, 1.82) is 0 Å². The Morgan fingerprint density at radius 3 is 2.32 bits per heavy atom. The Bertz CT molecular complexity index is 546. The fourth-order valence-corrected chi connectivity index (χ4v) is 4.57. The van der Waals surface area contributed by atoms with Crippen LogP contribution in [-0.4, -0.2) is 8.32 Å². The Hall–Kier alpha value is -1.80. The second-order valence-corrected chi connectivity index (χ2v) is 8.84. The molecule has 0 unspecified atom stereocenters. The van der Waals surface area contributed by atoms with Crippen molar-refractivity contribution in [3.8, 4) is 5.75 Å². The van der Waals surface area contributed by atoms with Crippen LogP contribution in [0.4, 0.5) is 0 Å². The summed E-state index contributed by atoms with van der Waals surface area (Å²) in [4.78, 5) is 0. The molecule has 0 fully saturated rings. The number of benzene rings is 2. The van der Waals surface area contributed by atoms with Gasteiger partial charge in [0.2, 0.25) is 0 Å². The number of hydrogen-bond donors (Lipinski definition) is 0. The Morgan fingerprint density at radius 2 is 1.63 bits per heavy atom. The molecule has 0 saturated heterocycles. The molecule has 0 aliphatic heterocycles. The van der Waals surface area contributed by atoms with Gasteiger partial charge in [-0.2, -0.15) is 0 Å². The minimum Gasteiger partial charge on any atom is -0.540 e. The van der Waals surface area contributed by atoms with Crippen LogP contribution in [0.5, 0.6) is 5.75 Å². The zero-order valence-corrected chi connectivity index (χ0v) is 12.6. The Balaban J connectivity index is 2.31. The Labute approximate surface area is 116 Å². The van der Waals surface area contributed by atoms with Gasteiger partial charge < -0.3 is 4.43 Å². The maximum Gasteiger partial charge on any atom is 0.277 e. The first-order valence-corrected chi connectivity index (χ1v) is 9.47. The predicted octanol–water partition coefficient (Wildman–Crippen LogP) is 3.91. The van der Waals surface area contributed by atoms with Crippen LogP contribution in [0.3, 0.4) is 0 Å². The molecule has 0 aliphatic carbocycles. The van der Waals surface area contributed by atoms with Crippen LogP contribution in [0.1, 0.15) is 5.56 Å². The zero-order valence-electron chi connectivity index (χ0n) is 11.6. The molecule has 0 aromatic heterocycles. The summed E-state index contributed by atoms with van der Waals surface area (Å²) >= 11 is 0. The summed E-state index contributed by atoms with van der Waals surface area (Å²) in [6.07, 6.45) is 2.84. The average molecular weight is 268 g/mol. The van der Waals surface area contributed by atoms with E-state index < -0.39 is 8.32 Å². The largest absolute Gasteiger partial charge is 0.540 e. The van der Waals surface area contributed by atoms with Gasteiger partial charge in [-0.1, -0.05) is 48.5 Å². The molecule has 0 heterocycles. The van der Waals surface area contributed by atoms with Gasteiger partial charge in [0.15, 0.2) is 0 Å². The molecule has 98 valence electrons. The van der Waals surface area contributed by atoms with Gasteiger partial charge in [-0.3, -0.25) is 0 Å². The third-order valence-corrected chi connectivity index (χ3v) is 5.68. The van der Waals surface area contributed by atoms with Crippen LogP contribution in [0, 0.1) is 0 Å². The third kappa shape index (κ3) is 3.35. The molecule has 0 amide bonds. The van der Waals surface area contributed by atoms with E-state index >= 15 is 0 Å². The van der Waals surface area contributed by atoms with Crippen LogP contribution in [0.25, 0.3) is 0 Å². The van der Waals surface area contributed by atoms with Crippen LogP contribution in [0.2, 0.25) is 13.1 Å². The van der Waals surface area contributed by atoms with E-state index in [1.165, 1.54) is 10.8 Å². The highest BCUT2D eigenvalue weighted by Crippen LogP contribution is 2.17. The average Bonchev–Trinajstić information content (AvgIpc) is 2.40. The summed E-state index contributed by atoms with van der Waals surface area (Å²) in [6.45, 7) is 8.31. The number of hydrogen-bond acceptors (Lipinski definition) is 1. The first-order valence-electron chi connectivity index (χ1n) is 6.57. The molecule has 2 aromatic rings. The standard InChI is InChI=1S/C17H20OSi/c1-4-10-15-11-8-9-14-17(15)19(2,3)18-16-12-6-5-7-13-16/h4-9,11-14H,1,10H2,2-3H3.